The SMILES string of the molecule is CC(C)(C)c1cc(N2C=CN(c3cccc(Oc4cc(C(C)(C)C)c5c6ccccc6n(-c6cc(C(C)(C)c7ccccc7)ccn6)c5c4)c3)C2)cc(C(C)(C)C)c1. The number of hydrogen-bond acceptors (Lipinski definition) is 4. The number of hydrogen-bond donors (Lipinski definition) is 0. The molecule has 0 saturated carbocycles. The molecule has 3 heterocycles. The molecule has 0 spiro atoms. The molecule has 0 unspecified atom stereocenters. The van der Waals surface area contributed by atoms with E-state index >= 15 is 0 Å². The molecule has 58 heavy (non-hydrogen) atoms. The van der Waals surface area contributed by atoms with Gasteiger partial charge in [-0.15, -0.1) is 0 Å². The fourth-order valence-corrected chi connectivity index (χ4v) is 8.18. The molecule has 0 radical (unpaired) electrons. The second-order valence-corrected chi connectivity index (χ2v) is 19.6. The summed E-state index contributed by atoms with van der Waals surface area (Å²) in [4.78, 5) is 9.64. The van der Waals surface area contributed by atoms with E-state index in [9.17, 15) is 0 Å². The standard InChI is InChI=1S/C53H58N4O/c1-50(2,3)38-28-39(51(4,5)6)30-41(29-38)56-27-26-55(35-56)40-20-17-21-42(32-40)58-43-33-45(52(7,8)9)49-44-22-15-16-23-46(44)57(47(49)34-43)48-31-37(24-25-54-48)53(10,11)36-18-13-12-14-19-36/h12-34H,35H2,1-11H3. The first-order valence-corrected chi connectivity index (χ1v) is 20.6. The minimum atomic E-state index is -0.207. The van der Waals surface area contributed by atoms with Crippen LogP contribution in [0.15, 0.2) is 140 Å². The van der Waals surface area contributed by atoms with Crippen LogP contribution in [-0.4, -0.2) is 16.2 Å². The molecule has 0 N–H and O–H groups in total. The molecule has 296 valence electrons. The summed E-state index contributed by atoms with van der Waals surface area (Å²) in [7, 11) is 0. The van der Waals surface area contributed by atoms with Crippen LogP contribution in [0.1, 0.15) is 104 Å². The summed E-state index contributed by atoms with van der Waals surface area (Å²) in [5.41, 5.74) is 10.6. The molecule has 0 bridgehead atoms. The van der Waals surface area contributed by atoms with E-state index < -0.39 is 0 Å². The summed E-state index contributed by atoms with van der Waals surface area (Å²) in [6.07, 6.45) is 6.31. The summed E-state index contributed by atoms with van der Waals surface area (Å²) >= 11 is 0. The van der Waals surface area contributed by atoms with Crippen LogP contribution in [0.25, 0.3) is 27.6 Å². The summed E-state index contributed by atoms with van der Waals surface area (Å²) in [6, 6.07) is 43.8. The van der Waals surface area contributed by atoms with Crippen LogP contribution in [-0.2, 0) is 21.7 Å². The van der Waals surface area contributed by atoms with Gasteiger partial charge in [-0.05, 0) is 92.6 Å². The molecule has 1 aliphatic rings. The lowest BCUT2D eigenvalue weighted by molar-refractivity contribution is 0.480. The van der Waals surface area contributed by atoms with E-state index in [2.05, 4.69) is 224 Å². The van der Waals surface area contributed by atoms with Crippen molar-refractivity contribution in [3.63, 3.8) is 0 Å². The Hall–Kier alpha value is -5.81. The Morgan fingerprint density at radius 1 is 0.500 bits per heavy atom. The molecule has 5 aromatic carbocycles. The van der Waals surface area contributed by atoms with Gasteiger partial charge in [0.1, 0.15) is 17.3 Å². The molecular formula is C53H58N4O. The Balaban J connectivity index is 1.16. The van der Waals surface area contributed by atoms with Crippen molar-refractivity contribution in [3.05, 3.63) is 168 Å². The first kappa shape index (κ1) is 39.0. The molecule has 0 aliphatic carbocycles. The highest BCUT2D eigenvalue weighted by molar-refractivity contribution is 6.11. The largest absolute Gasteiger partial charge is 0.457 e. The van der Waals surface area contributed by atoms with Crippen LogP contribution in [0.3, 0.4) is 0 Å². The van der Waals surface area contributed by atoms with Crippen LogP contribution in [0.5, 0.6) is 11.5 Å². The molecule has 0 amide bonds. The van der Waals surface area contributed by atoms with Gasteiger partial charge in [-0.3, -0.25) is 4.57 Å². The number of anilines is 2. The van der Waals surface area contributed by atoms with Gasteiger partial charge < -0.3 is 14.5 Å². The Bertz CT molecular complexity index is 2630. The number of para-hydroxylation sites is 1. The van der Waals surface area contributed by atoms with Gasteiger partial charge in [-0.2, -0.15) is 0 Å². The average molecular weight is 767 g/mol. The van der Waals surface area contributed by atoms with Gasteiger partial charge >= 0.3 is 0 Å². The number of nitrogens with zero attached hydrogens (tertiary/aromatic N) is 4. The van der Waals surface area contributed by atoms with Gasteiger partial charge in [0.25, 0.3) is 0 Å². The maximum absolute atomic E-state index is 6.86. The number of benzene rings is 5. The molecule has 5 nitrogen and oxygen atoms in total. The Kier molecular flexibility index (Phi) is 9.58. The van der Waals surface area contributed by atoms with Gasteiger partial charge in [0.2, 0.25) is 0 Å². The summed E-state index contributed by atoms with van der Waals surface area (Å²) in [6.45, 7) is 25.9. The average Bonchev–Trinajstić information content (AvgIpc) is 3.81. The van der Waals surface area contributed by atoms with E-state index in [0.29, 0.717) is 6.67 Å². The molecule has 1 aliphatic heterocycles. The van der Waals surface area contributed by atoms with E-state index in [0.717, 1.165) is 34.0 Å². The van der Waals surface area contributed by atoms with E-state index in [1.54, 1.807) is 0 Å². The first-order valence-electron chi connectivity index (χ1n) is 20.6. The third-order valence-electron chi connectivity index (χ3n) is 11.8. The van der Waals surface area contributed by atoms with E-state index in [4.69, 9.17) is 9.72 Å². The molecule has 5 heteroatoms. The third-order valence-corrected chi connectivity index (χ3v) is 11.8. The lowest BCUT2D eigenvalue weighted by atomic mass is 9.78. The number of pyridine rings is 1. The van der Waals surface area contributed by atoms with Crippen LogP contribution in [0.4, 0.5) is 11.4 Å². The lowest BCUT2D eigenvalue weighted by Crippen LogP contribution is -2.26. The minimum Gasteiger partial charge on any atom is -0.457 e. The predicted molar refractivity (Wildman–Crippen MR) is 245 cm³/mol. The molecule has 0 saturated heterocycles. The summed E-state index contributed by atoms with van der Waals surface area (Å²) in [5, 5.41) is 2.43. The molecule has 0 atom stereocenters. The second-order valence-electron chi connectivity index (χ2n) is 19.6. The van der Waals surface area contributed by atoms with Crippen molar-refractivity contribution in [3.8, 4) is 17.3 Å². The van der Waals surface area contributed by atoms with Crippen molar-refractivity contribution in [2.75, 3.05) is 16.5 Å². The monoisotopic (exact) mass is 766 g/mol. The van der Waals surface area contributed by atoms with Gasteiger partial charge in [-0.1, -0.05) is 137 Å². The highest BCUT2D eigenvalue weighted by Gasteiger charge is 2.28. The van der Waals surface area contributed by atoms with Gasteiger partial charge in [0, 0.05) is 58.3 Å². The van der Waals surface area contributed by atoms with Gasteiger partial charge in [-0.25, -0.2) is 4.98 Å². The van der Waals surface area contributed by atoms with Crippen molar-refractivity contribution in [2.24, 2.45) is 0 Å². The maximum atomic E-state index is 6.86. The van der Waals surface area contributed by atoms with Crippen LogP contribution >= 0.6 is 0 Å². The zero-order valence-electron chi connectivity index (χ0n) is 36.2. The van der Waals surface area contributed by atoms with Crippen molar-refractivity contribution in [1.29, 1.82) is 0 Å². The first-order chi connectivity index (χ1) is 27.4. The normalized spacial score (nSPS) is 13.9. The van der Waals surface area contributed by atoms with Crippen LogP contribution in [0, 0.1) is 0 Å². The molecule has 7 aromatic rings. The Morgan fingerprint density at radius 2 is 1.16 bits per heavy atom. The van der Waals surface area contributed by atoms with Crippen molar-refractivity contribution >= 4 is 33.2 Å². The number of ether oxygens (including phenoxy) is 1. The summed E-state index contributed by atoms with van der Waals surface area (Å²) < 4.78 is 9.18. The highest BCUT2D eigenvalue weighted by atomic mass is 16.5. The van der Waals surface area contributed by atoms with E-state index in [-0.39, 0.29) is 21.7 Å². The molecule has 2 aromatic heterocycles. The quantitative estimate of drug-likeness (QED) is 0.162. The predicted octanol–water partition coefficient (Wildman–Crippen LogP) is 13.9. The van der Waals surface area contributed by atoms with Crippen molar-refractivity contribution in [2.45, 2.75) is 97.8 Å². The smallest absolute Gasteiger partial charge is 0.137 e. The molecule has 0 fully saturated rings. The lowest BCUT2D eigenvalue weighted by Gasteiger charge is -2.29. The zero-order chi connectivity index (χ0) is 41.2. The maximum Gasteiger partial charge on any atom is 0.137 e. The Labute approximate surface area is 345 Å². The topological polar surface area (TPSA) is 33.5 Å². The van der Waals surface area contributed by atoms with Gasteiger partial charge in [0.05, 0.1) is 17.7 Å². The summed E-state index contributed by atoms with van der Waals surface area (Å²) in [5.74, 6) is 2.48. The number of fused-ring (bicyclic) bond motifs is 3. The van der Waals surface area contributed by atoms with E-state index in [1.165, 1.54) is 44.3 Å². The minimum absolute atomic E-state index is 0.0505. The fraction of sp³-hybridized carbons (Fsp3) is 0.302. The zero-order valence-corrected chi connectivity index (χ0v) is 36.2. The van der Waals surface area contributed by atoms with Crippen LogP contribution < -0.4 is 14.5 Å². The number of aromatic nitrogens is 2. The second kappa shape index (κ2) is 14.2. The molecule has 8 rings (SSSR count). The van der Waals surface area contributed by atoms with E-state index in [1.807, 2.05) is 6.20 Å². The molecular weight excluding hydrogens is 709 g/mol. The third kappa shape index (κ3) is 7.39. The van der Waals surface area contributed by atoms with Crippen molar-refractivity contribution in [1.82, 2.24) is 9.55 Å². The van der Waals surface area contributed by atoms with Gasteiger partial charge in [0.15, 0.2) is 0 Å². The number of rotatable bonds is 7. The van der Waals surface area contributed by atoms with Crippen molar-refractivity contribution < 1.29 is 4.74 Å². The highest BCUT2D eigenvalue weighted by Crippen LogP contribution is 2.43. The Morgan fingerprint density at radius 3 is 1.83 bits per heavy atom. The van der Waals surface area contributed by atoms with Crippen LogP contribution in [0.2, 0.25) is 0 Å². The fourth-order valence-electron chi connectivity index (χ4n) is 8.18.